The molecule has 0 spiro atoms. The quantitative estimate of drug-likeness (QED) is 0.132. The lowest BCUT2D eigenvalue weighted by Crippen LogP contribution is -2.66. The number of likely N-dealkylation sites (tertiary alicyclic amines) is 1. The van der Waals surface area contributed by atoms with Gasteiger partial charge < -0.3 is 30.3 Å². The first-order valence-electron chi connectivity index (χ1n) is 26.3. The average Bonchev–Trinajstić information content (AvgIpc) is 3.89. The highest BCUT2D eigenvalue weighted by molar-refractivity contribution is 6.30. The monoisotopic (exact) mass is 976 g/mol. The van der Waals surface area contributed by atoms with Crippen molar-refractivity contribution in [3.05, 3.63) is 39.9 Å². The van der Waals surface area contributed by atoms with Crippen molar-refractivity contribution >= 4 is 41.1 Å². The molecule has 1 heterocycles. The number of allylic oxidation sites excluding steroid dienone is 1. The number of aliphatic hydroxyl groups is 1. The third-order valence-electron chi connectivity index (χ3n) is 20.7. The van der Waals surface area contributed by atoms with E-state index in [9.17, 15) is 34.2 Å². The number of aliphatic hydroxyl groups excluding tert-OH is 1. The molecule has 5 saturated carbocycles. The third-order valence-corrected chi connectivity index (χ3v) is 20.9. The third kappa shape index (κ3) is 8.47. The van der Waals surface area contributed by atoms with E-state index in [0.717, 1.165) is 75.7 Å². The Morgan fingerprint density at radius 3 is 2.23 bits per heavy atom. The van der Waals surface area contributed by atoms with Crippen LogP contribution in [0, 0.1) is 68.0 Å². The van der Waals surface area contributed by atoms with E-state index in [-0.39, 0.29) is 69.9 Å². The number of hydrogen-bond donors (Lipinski definition) is 4. The van der Waals surface area contributed by atoms with Gasteiger partial charge in [0.1, 0.15) is 24.0 Å². The number of carbonyl (C=O) groups is 5. The highest BCUT2D eigenvalue weighted by Crippen LogP contribution is 2.77. The van der Waals surface area contributed by atoms with Crippen LogP contribution in [0.4, 0.5) is 0 Å². The Hall–Kier alpha value is -3.48. The first kappa shape index (κ1) is 51.9. The molecule has 7 aliphatic rings. The van der Waals surface area contributed by atoms with Crippen LogP contribution in [-0.4, -0.2) is 95.2 Å². The first-order valence-corrected chi connectivity index (χ1v) is 26.7. The number of benzene rings is 1. The summed E-state index contributed by atoms with van der Waals surface area (Å²) in [6.07, 6.45) is 8.73. The van der Waals surface area contributed by atoms with Gasteiger partial charge >= 0.3 is 11.9 Å². The summed E-state index contributed by atoms with van der Waals surface area (Å²) >= 11 is 6.33. The van der Waals surface area contributed by atoms with E-state index in [4.69, 9.17) is 21.1 Å². The number of esters is 1. The number of fused-ring (bicyclic) bond motifs is 7. The Bertz CT molecular complexity index is 2270. The van der Waals surface area contributed by atoms with E-state index in [0.29, 0.717) is 42.1 Å². The van der Waals surface area contributed by atoms with Crippen LogP contribution in [0.2, 0.25) is 5.02 Å². The number of carboxylic acid groups (broad SMARTS) is 1. The number of carboxylic acids is 1. The van der Waals surface area contributed by atoms with Gasteiger partial charge in [0.25, 0.3) is 5.91 Å². The van der Waals surface area contributed by atoms with Gasteiger partial charge in [0.05, 0.1) is 23.5 Å². The van der Waals surface area contributed by atoms with E-state index >= 15 is 0 Å². The maximum Gasteiger partial charge on any atom is 0.309 e. The number of aliphatic carboxylic acids is 1. The van der Waals surface area contributed by atoms with Gasteiger partial charge in [-0.05, 0) is 167 Å². The predicted octanol–water partition coefficient (Wildman–Crippen LogP) is 9.44. The number of ketones is 1. The summed E-state index contributed by atoms with van der Waals surface area (Å²) in [5, 5.41) is 28.6. The molecule has 1 aromatic carbocycles. The first-order chi connectivity index (χ1) is 32.2. The molecule has 4 N–H and O–H groups in total. The van der Waals surface area contributed by atoms with Gasteiger partial charge in [0.15, 0.2) is 5.78 Å². The number of halogens is 1. The van der Waals surface area contributed by atoms with Crippen LogP contribution in [0.3, 0.4) is 0 Å². The number of nitrogens with zero attached hydrogens (tertiary/aromatic N) is 1. The minimum Gasteiger partial charge on any atom is -0.491 e. The molecule has 1 saturated heterocycles. The Labute approximate surface area is 416 Å². The summed E-state index contributed by atoms with van der Waals surface area (Å²) in [5.41, 5.74) is -1.02. The molecule has 11 atom stereocenters. The Morgan fingerprint density at radius 1 is 0.884 bits per heavy atom. The van der Waals surface area contributed by atoms with Crippen LogP contribution < -0.4 is 15.4 Å². The largest absolute Gasteiger partial charge is 0.491 e. The second kappa shape index (κ2) is 18.2. The molecule has 1 aromatic rings. The van der Waals surface area contributed by atoms with Crippen molar-refractivity contribution in [2.75, 3.05) is 32.8 Å². The smallest absolute Gasteiger partial charge is 0.309 e. The maximum atomic E-state index is 14.3. The Balaban J connectivity index is 0.965. The Morgan fingerprint density at radius 2 is 1.58 bits per heavy atom. The van der Waals surface area contributed by atoms with Gasteiger partial charge in [0.2, 0.25) is 5.91 Å². The summed E-state index contributed by atoms with van der Waals surface area (Å²) < 4.78 is 12.5. The van der Waals surface area contributed by atoms with Gasteiger partial charge in [-0.3, -0.25) is 28.9 Å². The highest BCUT2D eigenvalue weighted by atomic mass is 35.5. The minimum absolute atomic E-state index is 0.00564. The van der Waals surface area contributed by atoms with Gasteiger partial charge in [-0.15, -0.1) is 0 Å². The number of hydrogen-bond acceptors (Lipinski definition) is 9. The van der Waals surface area contributed by atoms with Crippen LogP contribution in [0.15, 0.2) is 29.3 Å². The lowest BCUT2D eigenvalue weighted by atomic mass is 9.33. The topological polar surface area (TPSA) is 172 Å². The molecule has 0 bridgehead atoms. The fourth-order valence-electron chi connectivity index (χ4n) is 16.4. The maximum absolute atomic E-state index is 14.3. The summed E-state index contributed by atoms with van der Waals surface area (Å²) in [4.78, 5) is 70.1. The lowest BCUT2D eigenvalue weighted by molar-refractivity contribution is -0.238. The van der Waals surface area contributed by atoms with E-state index in [1.807, 2.05) is 13.8 Å². The molecule has 6 fully saturated rings. The lowest BCUT2D eigenvalue weighted by Gasteiger charge is -2.72. The fraction of sp³-hybridized carbons (Fsp3) is 0.768. The van der Waals surface area contributed by atoms with Crippen molar-refractivity contribution < 1.29 is 43.7 Å². The predicted molar refractivity (Wildman–Crippen MR) is 266 cm³/mol. The number of nitrogens with one attached hydrogen (secondary N) is 2. The molecule has 1 aliphatic heterocycles. The molecule has 13 heteroatoms. The number of Topliss-reactive ketones (excluding diaryl/α,β-unsaturated/α-hetero) is 1. The fourth-order valence-corrected chi connectivity index (χ4v) is 16.5. The SMILES string of the molecule is CC(C)C1=C2[C@H]3CC[C@@H]4[C@@]5(C)CC[C@H](OC(=O)[C@H]6C[C@@H](C(=O)O)C6(C)C)C(C)(C)[C@@H]5CC[C@@]4(C)[C@]3(C)CC[C@@]2([C@@H](O)CNC(=O)C(C)(C)NC(=O)c2ccc(Cl)cc2OCCN2CCCC2)CC1=O. The zero-order valence-electron chi connectivity index (χ0n) is 43.4. The summed E-state index contributed by atoms with van der Waals surface area (Å²) in [6.45, 7) is 26.4. The molecule has 6 aliphatic carbocycles. The number of carbonyl (C=O) groups excluding carboxylic acids is 4. The van der Waals surface area contributed by atoms with Crippen molar-refractivity contribution in [1.29, 1.82) is 0 Å². The second-order valence-corrected chi connectivity index (χ2v) is 25.9. The van der Waals surface area contributed by atoms with E-state index in [1.165, 1.54) is 12.8 Å². The minimum atomic E-state index is -1.35. The van der Waals surface area contributed by atoms with Crippen molar-refractivity contribution in [2.45, 2.75) is 171 Å². The van der Waals surface area contributed by atoms with E-state index < -0.39 is 52.1 Å². The Kier molecular flexibility index (Phi) is 13.7. The van der Waals surface area contributed by atoms with Crippen LogP contribution in [0.1, 0.15) is 164 Å². The number of amides is 2. The van der Waals surface area contributed by atoms with E-state index in [2.05, 4.69) is 64.0 Å². The summed E-state index contributed by atoms with van der Waals surface area (Å²) in [6, 6.07) is 4.86. The average molecular weight is 977 g/mol. The van der Waals surface area contributed by atoms with Crippen molar-refractivity contribution in [3.63, 3.8) is 0 Å². The van der Waals surface area contributed by atoms with Gasteiger partial charge in [0, 0.05) is 35.4 Å². The van der Waals surface area contributed by atoms with Crippen LogP contribution >= 0.6 is 11.6 Å². The zero-order chi connectivity index (χ0) is 50.4. The van der Waals surface area contributed by atoms with Gasteiger partial charge in [-0.25, -0.2) is 0 Å². The summed E-state index contributed by atoms with van der Waals surface area (Å²) in [5.74, 6) is -1.73. The molecule has 2 amide bonds. The molecule has 382 valence electrons. The molecular formula is C56H82ClN3O9. The molecule has 8 rings (SSSR count). The highest BCUT2D eigenvalue weighted by Gasteiger charge is 2.71. The van der Waals surface area contributed by atoms with Crippen LogP contribution in [0.5, 0.6) is 5.75 Å². The van der Waals surface area contributed by atoms with Crippen LogP contribution in [-0.2, 0) is 23.9 Å². The molecule has 0 radical (unpaired) electrons. The van der Waals surface area contributed by atoms with Crippen molar-refractivity contribution in [3.8, 4) is 5.75 Å². The molecule has 12 nitrogen and oxygen atoms in total. The summed E-state index contributed by atoms with van der Waals surface area (Å²) in [7, 11) is 0. The van der Waals surface area contributed by atoms with Gasteiger partial charge in [-0.1, -0.05) is 79.5 Å². The van der Waals surface area contributed by atoms with Crippen molar-refractivity contribution in [1.82, 2.24) is 15.5 Å². The second-order valence-electron chi connectivity index (χ2n) is 25.5. The zero-order valence-corrected chi connectivity index (χ0v) is 44.2. The van der Waals surface area contributed by atoms with Crippen molar-refractivity contribution in [2.24, 2.45) is 68.0 Å². The molecule has 0 aromatic heterocycles. The number of rotatable bonds is 14. The van der Waals surface area contributed by atoms with E-state index in [1.54, 1.807) is 32.0 Å². The standard InChI is InChI=1S/C56H82ClN3O9/c1-32(2)44-38(61)30-56(42(62)31-58-49(67)52(7,8)59-46(63)34-15-14-33(57)28-39(34)68-27-26-60-24-12-13-25-60)23-22-54(10)35(45(44)56)16-17-41-53(9)20-19-43(51(5,6)40(53)18-21-55(41,54)11)69-48(66)37-29-36(47(64)65)50(37,3)4/h14-15,28,32,35-37,40-43,62H,12-13,16-27,29-31H2,1-11H3,(H,58,67)(H,59,63)(H,64,65)/t35-,36+,37-,40+,41-,42+,43+,53+,54-,55-,56+/m1/s1. The number of ether oxygens (including phenoxy) is 2. The normalized spacial score (nSPS) is 36.3. The molecule has 69 heavy (non-hydrogen) atoms. The van der Waals surface area contributed by atoms with Gasteiger partial charge in [-0.2, -0.15) is 0 Å². The molecular weight excluding hydrogens is 894 g/mol. The van der Waals surface area contributed by atoms with Crippen LogP contribution in [0.25, 0.3) is 0 Å². The molecule has 0 unspecified atom stereocenters.